The fraction of sp³-hybridized carbons (Fsp3) is 0.0667. The van der Waals surface area contributed by atoms with Gasteiger partial charge in [0.1, 0.15) is 4.88 Å². The molecule has 6 nitrogen and oxygen atoms in total. The van der Waals surface area contributed by atoms with Crippen LogP contribution in [-0.4, -0.2) is 17.7 Å². The van der Waals surface area contributed by atoms with Gasteiger partial charge in [0.2, 0.25) is 6.79 Å². The zero-order valence-electron chi connectivity index (χ0n) is 11.3. The van der Waals surface area contributed by atoms with Crippen molar-refractivity contribution in [3.05, 3.63) is 35.5 Å². The summed E-state index contributed by atoms with van der Waals surface area (Å²) in [4.78, 5) is 16.1. The Labute approximate surface area is 129 Å². The van der Waals surface area contributed by atoms with Gasteiger partial charge >= 0.3 is 0 Å². The van der Waals surface area contributed by atoms with Gasteiger partial charge in [0, 0.05) is 23.3 Å². The van der Waals surface area contributed by atoms with Crippen molar-refractivity contribution in [1.29, 1.82) is 0 Å². The van der Waals surface area contributed by atoms with E-state index in [0.717, 1.165) is 21.2 Å². The molecular weight excluding hydrogens is 302 g/mol. The van der Waals surface area contributed by atoms with Crippen LogP contribution >= 0.6 is 11.3 Å². The second-order valence-corrected chi connectivity index (χ2v) is 5.89. The molecule has 2 aromatic heterocycles. The molecule has 0 fully saturated rings. The Hall–Kier alpha value is -2.80. The monoisotopic (exact) mass is 313 g/mol. The molecule has 22 heavy (non-hydrogen) atoms. The second-order valence-electron chi connectivity index (χ2n) is 4.84. The lowest BCUT2D eigenvalue weighted by Crippen LogP contribution is -2.10. The van der Waals surface area contributed by atoms with Crippen molar-refractivity contribution in [1.82, 2.24) is 4.98 Å². The number of aromatic nitrogens is 1. The van der Waals surface area contributed by atoms with Gasteiger partial charge in [-0.15, -0.1) is 11.3 Å². The molecule has 3 aromatic rings. The molecule has 0 unspecified atom stereocenters. The van der Waals surface area contributed by atoms with E-state index in [1.165, 1.54) is 11.3 Å². The highest BCUT2D eigenvalue weighted by atomic mass is 32.1. The van der Waals surface area contributed by atoms with Gasteiger partial charge in [0.05, 0.1) is 10.4 Å². The van der Waals surface area contributed by atoms with Crippen LogP contribution in [-0.2, 0) is 0 Å². The van der Waals surface area contributed by atoms with E-state index in [1.54, 1.807) is 12.4 Å². The molecule has 4 rings (SSSR count). The first-order chi connectivity index (χ1) is 10.6. The molecule has 0 aliphatic carbocycles. The van der Waals surface area contributed by atoms with E-state index >= 15 is 0 Å². The van der Waals surface area contributed by atoms with Crippen LogP contribution in [0.25, 0.3) is 21.2 Å². The number of pyridine rings is 1. The summed E-state index contributed by atoms with van der Waals surface area (Å²) in [6.45, 7) is 0.216. The number of fused-ring (bicyclic) bond motifs is 2. The molecule has 1 aliphatic heterocycles. The van der Waals surface area contributed by atoms with Crippen molar-refractivity contribution in [2.24, 2.45) is 5.73 Å². The molecule has 0 radical (unpaired) electrons. The topological polar surface area (TPSA) is 100 Å². The Morgan fingerprint density at radius 2 is 2.05 bits per heavy atom. The summed E-state index contributed by atoms with van der Waals surface area (Å²) in [7, 11) is 0. The lowest BCUT2D eigenvalue weighted by atomic mass is 10.0. The lowest BCUT2D eigenvalue weighted by Gasteiger charge is -2.06. The third-order valence-corrected chi connectivity index (χ3v) is 4.70. The predicted octanol–water partition coefficient (Wildman–Crippen LogP) is 2.37. The normalized spacial score (nSPS) is 12.7. The summed E-state index contributed by atoms with van der Waals surface area (Å²) in [5.41, 5.74) is 13.6. The Balaban J connectivity index is 1.97. The number of carbonyl (C=O) groups excluding carboxylic acids is 1. The minimum atomic E-state index is -0.532. The molecule has 1 aromatic carbocycles. The Kier molecular flexibility index (Phi) is 2.70. The van der Waals surface area contributed by atoms with E-state index in [0.29, 0.717) is 22.1 Å². The van der Waals surface area contributed by atoms with Crippen LogP contribution in [0.4, 0.5) is 5.69 Å². The molecule has 0 bridgehead atoms. The standard InChI is InChI=1S/C15H11N3O3S/c16-13-12-8(4-18-5-11(12)22-14(13)15(17)19)7-1-2-9-10(3-7)21-6-20-9/h1-5H,6,16H2,(H2,17,19). The average Bonchev–Trinajstić information content (AvgIpc) is 3.11. The molecule has 1 amide bonds. The van der Waals surface area contributed by atoms with Gasteiger partial charge in [-0.2, -0.15) is 0 Å². The van der Waals surface area contributed by atoms with E-state index in [9.17, 15) is 4.79 Å². The van der Waals surface area contributed by atoms with Crippen LogP contribution in [0.3, 0.4) is 0 Å². The number of thiophene rings is 1. The number of ether oxygens (including phenoxy) is 2. The number of nitrogens with zero attached hydrogens (tertiary/aromatic N) is 1. The Morgan fingerprint density at radius 3 is 2.86 bits per heavy atom. The van der Waals surface area contributed by atoms with Crippen molar-refractivity contribution < 1.29 is 14.3 Å². The van der Waals surface area contributed by atoms with Crippen molar-refractivity contribution in [2.45, 2.75) is 0 Å². The molecule has 110 valence electrons. The number of amides is 1. The van der Waals surface area contributed by atoms with E-state index in [1.807, 2.05) is 18.2 Å². The van der Waals surface area contributed by atoms with Crippen LogP contribution in [0.5, 0.6) is 11.5 Å². The second kappa shape index (κ2) is 4.60. The van der Waals surface area contributed by atoms with Gasteiger partial charge in [0.15, 0.2) is 11.5 Å². The summed E-state index contributed by atoms with van der Waals surface area (Å²) in [6, 6.07) is 5.62. The van der Waals surface area contributed by atoms with Crippen LogP contribution in [0, 0.1) is 0 Å². The zero-order valence-corrected chi connectivity index (χ0v) is 12.1. The first kappa shape index (κ1) is 12.9. The number of nitrogens with two attached hydrogens (primary N) is 2. The van der Waals surface area contributed by atoms with Crippen LogP contribution in [0.1, 0.15) is 9.67 Å². The maximum Gasteiger partial charge on any atom is 0.260 e. The van der Waals surface area contributed by atoms with E-state index in [-0.39, 0.29) is 6.79 Å². The number of nitrogen functional groups attached to an aromatic ring is 1. The molecule has 4 N–H and O–H groups in total. The SMILES string of the molecule is NC(=O)c1sc2cncc(-c3ccc4c(c3)OCO4)c2c1N. The van der Waals surface area contributed by atoms with Crippen molar-refractivity contribution in [3.8, 4) is 22.6 Å². The molecule has 0 spiro atoms. The summed E-state index contributed by atoms with van der Waals surface area (Å²) >= 11 is 1.25. The lowest BCUT2D eigenvalue weighted by molar-refractivity contribution is 0.100. The molecule has 0 saturated heterocycles. The first-order valence-electron chi connectivity index (χ1n) is 6.51. The highest BCUT2D eigenvalue weighted by Gasteiger charge is 2.19. The zero-order chi connectivity index (χ0) is 15.3. The summed E-state index contributed by atoms with van der Waals surface area (Å²) in [5.74, 6) is 0.855. The number of anilines is 1. The number of hydrogen-bond donors (Lipinski definition) is 2. The van der Waals surface area contributed by atoms with Crippen molar-refractivity contribution >= 4 is 33.0 Å². The molecule has 0 saturated carbocycles. The molecule has 1 aliphatic rings. The number of carbonyl (C=O) groups is 1. The number of benzene rings is 1. The minimum absolute atomic E-state index is 0.216. The van der Waals surface area contributed by atoms with Gasteiger partial charge in [-0.1, -0.05) is 6.07 Å². The predicted molar refractivity (Wildman–Crippen MR) is 84.1 cm³/mol. The largest absolute Gasteiger partial charge is 0.454 e. The van der Waals surface area contributed by atoms with Crippen molar-refractivity contribution in [3.63, 3.8) is 0 Å². The number of hydrogen-bond acceptors (Lipinski definition) is 6. The Morgan fingerprint density at radius 1 is 1.23 bits per heavy atom. The number of rotatable bonds is 2. The van der Waals surface area contributed by atoms with Gasteiger partial charge in [-0.3, -0.25) is 9.78 Å². The minimum Gasteiger partial charge on any atom is -0.454 e. The van der Waals surface area contributed by atoms with Crippen molar-refractivity contribution in [2.75, 3.05) is 12.5 Å². The van der Waals surface area contributed by atoms with Gasteiger partial charge < -0.3 is 20.9 Å². The third-order valence-electron chi connectivity index (χ3n) is 3.54. The van der Waals surface area contributed by atoms with Crippen LogP contribution in [0.15, 0.2) is 30.6 Å². The molecule has 3 heterocycles. The number of primary amides is 1. The fourth-order valence-electron chi connectivity index (χ4n) is 2.54. The van der Waals surface area contributed by atoms with E-state index < -0.39 is 5.91 Å². The average molecular weight is 313 g/mol. The van der Waals surface area contributed by atoms with Crippen LogP contribution in [0.2, 0.25) is 0 Å². The first-order valence-corrected chi connectivity index (χ1v) is 7.32. The maximum atomic E-state index is 11.5. The van der Waals surface area contributed by atoms with Gasteiger partial charge in [-0.05, 0) is 17.7 Å². The molecular formula is C15H11N3O3S. The highest BCUT2D eigenvalue weighted by Crippen LogP contribution is 2.42. The van der Waals surface area contributed by atoms with Gasteiger partial charge in [0.25, 0.3) is 5.91 Å². The molecule has 7 heteroatoms. The summed E-state index contributed by atoms with van der Waals surface area (Å²) in [5, 5.41) is 0.785. The summed E-state index contributed by atoms with van der Waals surface area (Å²) in [6.07, 6.45) is 3.40. The summed E-state index contributed by atoms with van der Waals surface area (Å²) < 4.78 is 11.5. The van der Waals surface area contributed by atoms with E-state index in [2.05, 4.69) is 4.98 Å². The smallest absolute Gasteiger partial charge is 0.260 e. The van der Waals surface area contributed by atoms with Gasteiger partial charge in [-0.25, -0.2) is 0 Å². The quantitative estimate of drug-likeness (QED) is 0.756. The fourth-order valence-corrected chi connectivity index (χ4v) is 3.51. The maximum absolute atomic E-state index is 11.5. The highest BCUT2D eigenvalue weighted by molar-refractivity contribution is 7.21. The van der Waals surface area contributed by atoms with E-state index in [4.69, 9.17) is 20.9 Å². The van der Waals surface area contributed by atoms with Crippen LogP contribution < -0.4 is 20.9 Å². The third kappa shape index (κ3) is 1.79. The Bertz CT molecular complexity index is 920. The molecule has 0 atom stereocenters.